The predicted octanol–water partition coefficient (Wildman–Crippen LogP) is 1.87. The van der Waals surface area contributed by atoms with Gasteiger partial charge in [0.1, 0.15) is 0 Å². The molecule has 0 aliphatic heterocycles. The van der Waals surface area contributed by atoms with Gasteiger partial charge < -0.3 is 20.5 Å². The maximum absolute atomic E-state index is 9.26. The number of aliphatic hydroxyl groups is 1. The molecule has 5 nitrogen and oxygen atoms in total. The monoisotopic (exact) mass is 271 g/mol. The minimum Gasteiger partial charge on any atom is -0.487 e. The van der Waals surface area contributed by atoms with Gasteiger partial charge in [-0.3, -0.25) is 0 Å². The second-order valence-corrected chi connectivity index (χ2v) is 5.24. The van der Waals surface area contributed by atoms with E-state index in [1.165, 1.54) is 37.2 Å². The fourth-order valence-electron chi connectivity index (χ4n) is 2.52. The lowest BCUT2D eigenvalue weighted by molar-refractivity contribution is 0.296. The van der Waals surface area contributed by atoms with Crippen molar-refractivity contribution in [1.29, 1.82) is 0 Å². The summed E-state index contributed by atoms with van der Waals surface area (Å²) in [5.74, 6) is 1.14. The van der Waals surface area contributed by atoms with Crippen molar-refractivity contribution in [3.8, 4) is 5.75 Å². The number of hydrogen-bond donors (Lipinski definition) is 2. The number of hydrogen-bond acceptors (Lipinski definition) is 6. The smallest absolute Gasteiger partial charge is 0.197 e. The fourth-order valence-corrected chi connectivity index (χ4v) is 3.38. The zero-order valence-corrected chi connectivity index (χ0v) is 11.6. The largest absolute Gasteiger partial charge is 0.487 e. The van der Waals surface area contributed by atoms with Crippen molar-refractivity contribution in [2.45, 2.75) is 38.6 Å². The average molecular weight is 271 g/mol. The van der Waals surface area contributed by atoms with E-state index in [0.717, 1.165) is 5.00 Å². The van der Waals surface area contributed by atoms with E-state index in [0.29, 0.717) is 30.8 Å². The number of anilines is 2. The molecule has 1 aromatic heterocycles. The first-order chi connectivity index (χ1) is 8.77. The van der Waals surface area contributed by atoms with Gasteiger partial charge in [-0.15, -0.1) is 0 Å². The maximum Gasteiger partial charge on any atom is 0.197 e. The van der Waals surface area contributed by atoms with Crippen molar-refractivity contribution in [1.82, 2.24) is 4.37 Å². The minimum absolute atomic E-state index is 0.139. The third kappa shape index (κ3) is 2.70. The molecule has 0 unspecified atom stereocenters. The normalized spacial score (nSPS) is 16.1. The quantitative estimate of drug-likeness (QED) is 0.826. The van der Waals surface area contributed by atoms with Crippen molar-refractivity contribution in [3.05, 3.63) is 0 Å². The Morgan fingerprint density at radius 2 is 2.22 bits per heavy atom. The van der Waals surface area contributed by atoms with Crippen LogP contribution in [0.1, 0.15) is 32.6 Å². The first-order valence-corrected chi connectivity index (χ1v) is 7.30. The number of nitrogens with zero attached hydrogens (tertiary/aromatic N) is 2. The predicted molar refractivity (Wildman–Crippen MR) is 74.4 cm³/mol. The van der Waals surface area contributed by atoms with Gasteiger partial charge >= 0.3 is 0 Å². The second-order valence-electron chi connectivity index (χ2n) is 4.49. The summed E-state index contributed by atoms with van der Waals surface area (Å²) >= 11 is 1.37. The van der Waals surface area contributed by atoms with Crippen LogP contribution in [0.25, 0.3) is 0 Å². The van der Waals surface area contributed by atoms with Crippen LogP contribution in [0.15, 0.2) is 0 Å². The Balaban J connectivity index is 2.23. The van der Waals surface area contributed by atoms with Gasteiger partial charge in [0.15, 0.2) is 16.6 Å². The van der Waals surface area contributed by atoms with Gasteiger partial charge in [0.05, 0.1) is 13.2 Å². The molecule has 1 heterocycles. The molecule has 1 fully saturated rings. The summed E-state index contributed by atoms with van der Waals surface area (Å²) < 4.78 is 9.78. The molecule has 18 heavy (non-hydrogen) atoms. The number of nitrogen functional groups attached to an aromatic ring is 1. The lowest BCUT2D eigenvalue weighted by Crippen LogP contribution is -2.35. The topological polar surface area (TPSA) is 71.6 Å². The Kier molecular flexibility index (Phi) is 4.66. The summed E-state index contributed by atoms with van der Waals surface area (Å²) in [7, 11) is 0. The third-order valence-electron chi connectivity index (χ3n) is 3.31. The molecular formula is C12H21N3O2S. The molecule has 1 aliphatic rings. The highest BCUT2D eigenvalue weighted by Gasteiger charge is 2.27. The van der Waals surface area contributed by atoms with Crippen molar-refractivity contribution in [2.75, 3.05) is 30.4 Å². The van der Waals surface area contributed by atoms with E-state index in [1.54, 1.807) is 0 Å². The molecule has 0 amide bonds. The van der Waals surface area contributed by atoms with Crippen LogP contribution in [0.2, 0.25) is 0 Å². The number of rotatable bonds is 6. The summed E-state index contributed by atoms with van der Waals surface area (Å²) in [6.45, 7) is 3.27. The molecule has 0 saturated heterocycles. The number of aliphatic hydroxyl groups excluding tert-OH is 1. The van der Waals surface area contributed by atoms with Crippen molar-refractivity contribution >= 4 is 22.4 Å². The molecule has 0 atom stereocenters. The van der Waals surface area contributed by atoms with Crippen LogP contribution in [0.4, 0.5) is 10.8 Å². The van der Waals surface area contributed by atoms with E-state index in [2.05, 4.69) is 9.27 Å². The Morgan fingerprint density at radius 1 is 1.50 bits per heavy atom. The van der Waals surface area contributed by atoms with E-state index in [9.17, 15) is 5.11 Å². The molecule has 0 bridgehead atoms. The zero-order valence-electron chi connectivity index (χ0n) is 10.8. The lowest BCUT2D eigenvalue weighted by atomic mass is 10.2. The molecule has 0 aromatic carbocycles. The van der Waals surface area contributed by atoms with E-state index in [4.69, 9.17) is 10.5 Å². The number of aromatic nitrogens is 1. The molecule has 6 heteroatoms. The molecular weight excluding hydrogens is 250 g/mol. The Bertz CT molecular complexity index is 377. The SMILES string of the molecule is CCOc1c(N)nsc1N(CCO)C1CCCC1. The molecule has 1 aromatic rings. The Labute approximate surface area is 112 Å². The van der Waals surface area contributed by atoms with Crippen LogP contribution in [-0.2, 0) is 0 Å². The molecule has 1 aliphatic carbocycles. The third-order valence-corrected chi connectivity index (χ3v) is 4.19. The van der Waals surface area contributed by atoms with Crippen LogP contribution in [0.5, 0.6) is 5.75 Å². The van der Waals surface area contributed by atoms with Crippen LogP contribution >= 0.6 is 11.5 Å². The number of ether oxygens (including phenoxy) is 1. The highest BCUT2D eigenvalue weighted by Crippen LogP contribution is 2.41. The standard InChI is InChI=1S/C12H21N3O2S/c1-2-17-10-11(13)14-18-12(10)15(7-8-16)9-5-3-4-6-9/h9,16H,2-8H2,1H3,(H2,13,14). The van der Waals surface area contributed by atoms with E-state index in [-0.39, 0.29) is 6.61 Å². The molecule has 1 saturated carbocycles. The zero-order chi connectivity index (χ0) is 13.0. The first kappa shape index (κ1) is 13.4. The number of nitrogens with two attached hydrogens (primary N) is 1. The van der Waals surface area contributed by atoms with Crippen LogP contribution in [0.3, 0.4) is 0 Å². The van der Waals surface area contributed by atoms with Crippen molar-refractivity contribution < 1.29 is 9.84 Å². The van der Waals surface area contributed by atoms with Gasteiger partial charge in [-0.1, -0.05) is 12.8 Å². The molecule has 3 N–H and O–H groups in total. The van der Waals surface area contributed by atoms with Gasteiger partial charge in [-0.05, 0) is 31.3 Å². The molecule has 102 valence electrons. The van der Waals surface area contributed by atoms with Crippen LogP contribution in [0, 0.1) is 0 Å². The second kappa shape index (κ2) is 6.24. The molecule has 0 radical (unpaired) electrons. The summed E-state index contributed by atoms with van der Waals surface area (Å²) in [5.41, 5.74) is 5.85. The molecule has 2 rings (SSSR count). The van der Waals surface area contributed by atoms with E-state index < -0.39 is 0 Å². The van der Waals surface area contributed by atoms with Crippen molar-refractivity contribution in [3.63, 3.8) is 0 Å². The highest BCUT2D eigenvalue weighted by molar-refractivity contribution is 7.11. The van der Waals surface area contributed by atoms with E-state index >= 15 is 0 Å². The summed E-state index contributed by atoms with van der Waals surface area (Å²) in [6, 6.07) is 0.483. The maximum atomic E-state index is 9.26. The van der Waals surface area contributed by atoms with Gasteiger partial charge in [0.25, 0.3) is 0 Å². The van der Waals surface area contributed by atoms with Crippen LogP contribution < -0.4 is 15.4 Å². The minimum atomic E-state index is 0.139. The average Bonchev–Trinajstić information content (AvgIpc) is 2.99. The van der Waals surface area contributed by atoms with Gasteiger partial charge in [-0.2, -0.15) is 4.37 Å². The lowest BCUT2D eigenvalue weighted by Gasteiger charge is -2.29. The Hall–Kier alpha value is -1.01. The van der Waals surface area contributed by atoms with Crippen LogP contribution in [-0.4, -0.2) is 35.3 Å². The summed E-state index contributed by atoms with van der Waals surface area (Å²) in [4.78, 5) is 2.21. The van der Waals surface area contributed by atoms with Crippen molar-refractivity contribution in [2.24, 2.45) is 0 Å². The summed E-state index contributed by atoms with van der Waals surface area (Å²) in [6.07, 6.45) is 4.85. The van der Waals surface area contributed by atoms with E-state index in [1.807, 2.05) is 6.92 Å². The Morgan fingerprint density at radius 3 is 2.83 bits per heavy atom. The van der Waals surface area contributed by atoms with Gasteiger partial charge in [0.2, 0.25) is 0 Å². The molecule has 0 spiro atoms. The first-order valence-electron chi connectivity index (χ1n) is 6.53. The van der Waals surface area contributed by atoms with Gasteiger partial charge in [-0.25, -0.2) is 0 Å². The highest BCUT2D eigenvalue weighted by atomic mass is 32.1. The van der Waals surface area contributed by atoms with Gasteiger partial charge in [0, 0.05) is 12.6 Å². The fraction of sp³-hybridized carbons (Fsp3) is 0.750. The summed E-state index contributed by atoms with van der Waals surface area (Å²) in [5, 5.41) is 10.2.